The third kappa shape index (κ3) is 4.34. The summed E-state index contributed by atoms with van der Waals surface area (Å²) in [6.45, 7) is 4.52. The maximum absolute atomic E-state index is 13.1. The summed E-state index contributed by atoms with van der Waals surface area (Å²) in [5, 5.41) is 0. The third-order valence-corrected chi connectivity index (χ3v) is 5.11. The van der Waals surface area contributed by atoms with Crippen molar-refractivity contribution in [1.29, 1.82) is 0 Å². The van der Waals surface area contributed by atoms with Crippen LogP contribution in [0.5, 0.6) is 11.5 Å². The number of anilines is 1. The van der Waals surface area contributed by atoms with Gasteiger partial charge in [0.25, 0.3) is 5.56 Å². The Bertz CT molecular complexity index is 1320. The van der Waals surface area contributed by atoms with Crippen molar-refractivity contribution in [2.45, 2.75) is 33.2 Å². The predicted molar refractivity (Wildman–Crippen MR) is 123 cm³/mol. The fourth-order valence-corrected chi connectivity index (χ4v) is 3.51. The molecule has 3 aromatic rings. The zero-order valence-corrected chi connectivity index (χ0v) is 18.9. The Morgan fingerprint density at radius 2 is 1.59 bits per heavy atom. The van der Waals surface area contributed by atoms with Crippen molar-refractivity contribution < 1.29 is 23.9 Å². The maximum atomic E-state index is 13.1. The van der Waals surface area contributed by atoms with Crippen LogP contribution >= 0.6 is 0 Å². The van der Waals surface area contributed by atoms with E-state index in [0.29, 0.717) is 30.4 Å². The largest absolute Gasteiger partial charge is 0.490 e. The molecule has 0 bridgehead atoms. The van der Waals surface area contributed by atoms with Crippen LogP contribution in [0.1, 0.15) is 32.4 Å². The smallest absolute Gasteiger partial charge is 0.339 e. The van der Waals surface area contributed by atoms with Crippen LogP contribution in [0.2, 0.25) is 0 Å². The van der Waals surface area contributed by atoms with Crippen molar-refractivity contribution in [3.8, 4) is 11.5 Å². The first kappa shape index (κ1) is 23.0. The lowest BCUT2D eigenvalue weighted by Crippen LogP contribution is -2.33. The zero-order chi connectivity index (χ0) is 24.2. The summed E-state index contributed by atoms with van der Waals surface area (Å²) in [5.41, 5.74) is 0.395. The number of ether oxygens (including phenoxy) is 2. The number of carbonyl (C=O) groups is 3. The summed E-state index contributed by atoms with van der Waals surface area (Å²) in [7, 11) is 0. The second-order valence-electron chi connectivity index (χ2n) is 7.66. The summed E-state index contributed by atoms with van der Waals surface area (Å²) < 4.78 is 12.8. The lowest BCUT2D eigenvalue weighted by molar-refractivity contribution is -0.139. The van der Waals surface area contributed by atoms with Crippen LogP contribution in [0, 0.1) is 0 Å². The van der Waals surface area contributed by atoms with Gasteiger partial charge in [-0.1, -0.05) is 19.9 Å². The summed E-state index contributed by atoms with van der Waals surface area (Å²) in [4.78, 5) is 56.7. The van der Waals surface area contributed by atoms with Crippen molar-refractivity contribution >= 4 is 29.2 Å². The summed E-state index contributed by atoms with van der Waals surface area (Å²) in [6, 6.07) is 10.1. The number of aromatic nitrogens is 2. The molecular weight excluding hydrogens is 440 g/mol. The van der Waals surface area contributed by atoms with E-state index in [1.54, 1.807) is 30.5 Å². The van der Waals surface area contributed by atoms with Crippen molar-refractivity contribution in [2.24, 2.45) is 0 Å². The number of imide groups is 2. The van der Waals surface area contributed by atoms with E-state index in [2.05, 4.69) is 4.98 Å². The lowest BCUT2D eigenvalue weighted by atomic mass is 10.2. The van der Waals surface area contributed by atoms with E-state index in [0.717, 1.165) is 22.6 Å². The van der Waals surface area contributed by atoms with E-state index in [1.165, 1.54) is 22.6 Å². The van der Waals surface area contributed by atoms with Gasteiger partial charge >= 0.3 is 17.8 Å². The average molecular weight is 464 g/mol. The number of carbonyl (C=O) groups excluding carboxylic acids is 3. The molecule has 1 saturated heterocycles. The predicted octanol–water partition coefficient (Wildman–Crippen LogP) is 2.77. The highest BCUT2D eigenvalue weighted by atomic mass is 16.5. The molecule has 0 aliphatic carbocycles. The molecule has 0 atom stereocenters. The Morgan fingerprint density at radius 3 is 2.32 bits per heavy atom. The molecule has 10 nitrogen and oxygen atoms in total. The molecule has 4 rings (SSSR count). The number of urea groups is 1. The Balaban J connectivity index is 1.62. The van der Waals surface area contributed by atoms with Crippen molar-refractivity contribution in [2.75, 3.05) is 18.1 Å². The molecule has 10 heteroatoms. The average Bonchev–Trinajstić information content (AvgIpc) is 3.04. The molecule has 0 spiro atoms. The minimum atomic E-state index is -0.998. The molecule has 0 unspecified atom stereocenters. The van der Waals surface area contributed by atoms with Crippen LogP contribution in [0.4, 0.5) is 10.5 Å². The number of hydrogen-bond acceptors (Lipinski definition) is 7. The van der Waals surface area contributed by atoms with Crippen LogP contribution in [0.25, 0.3) is 5.65 Å². The Morgan fingerprint density at radius 1 is 0.853 bits per heavy atom. The van der Waals surface area contributed by atoms with Gasteiger partial charge in [-0.3, -0.25) is 18.8 Å². The monoisotopic (exact) mass is 464 g/mol. The highest BCUT2D eigenvalue weighted by Gasteiger charge is 2.45. The highest BCUT2D eigenvalue weighted by molar-refractivity contribution is 6.52. The van der Waals surface area contributed by atoms with Crippen LogP contribution in [0.15, 0.2) is 53.5 Å². The number of fused-ring (bicyclic) bond motifs is 1. The standard InChI is InChI=1S/C24H24N4O6/c1-3-11-33-18-9-8-17(14-19(18)34-12-4-2)28-23(31)22(30)27(24(28)32)15-16-13-21(29)26-10-6-5-7-20(26)25-16/h5-10,13-14H,3-4,11-12,15H2,1-2H3. The Kier molecular flexibility index (Phi) is 6.58. The zero-order valence-electron chi connectivity index (χ0n) is 18.9. The first-order chi connectivity index (χ1) is 16.4. The van der Waals surface area contributed by atoms with E-state index in [9.17, 15) is 19.2 Å². The number of hydrogen-bond donors (Lipinski definition) is 0. The topological polar surface area (TPSA) is 111 Å². The molecular formula is C24H24N4O6. The van der Waals surface area contributed by atoms with Crippen LogP contribution in [-0.4, -0.2) is 45.3 Å². The van der Waals surface area contributed by atoms with Gasteiger partial charge in [0.15, 0.2) is 11.5 Å². The van der Waals surface area contributed by atoms with Gasteiger partial charge in [0.2, 0.25) is 0 Å². The van der Waals surface area contributed by atoms with Gasteiger partial charge in [0.05, 0.1) is 31.1 Å². The minimum Gasteiger partial charge on any atom is -0.490 e. The maximum Gasteiger partial charge on any atom is 0.339 e. The SMILES string of the molecule is CCCOc1ccc(N2C(=O)C(=O)N(Cc3cc(=O)n4ccccc4n3)C2=O)cc1OCCC. The molecule has 176 valence electrons. The summed E-state index contributed by atoms with van der Waals surface area (Å²) in [6.07, 6.45) is 3.12. The highest BCUT2D eigenvalue weighted by Crippen LogP contribution is 2.34. The minimum absolute atomic E-state index is 0.187. The van der Waals surface area contributed by atoms with Crippen LogP contribution in [0.3, 0.4) is 0 Å². The van der Waals surface area contributed by atoms with Gasteiger partial charge in [-0.25, -0.2) is 19.6 Å². The summed E-state index contributed by atoms with van der Waals surface area (Å²) >= 11 is 0. The van der Waals surface area contributed by atoms with Crippen LogP contribution in [-0.2, 0) is 16.1 Å². The van der Waals surface area contributed by atoms with Gasteiger partial charge in [0.1, 0.15) is 5.65 Å². The second-order valence-corrected chi connectivity index (χ2v) is 7.66. The molecule has 0 saturated carbocycles. The molecule has 1 aromatic carbocycles. The molecule has 2 aromatic heterocycles. The molecule has 1 aliphatic heterocycles. The molecule has 4 amide bonds. The fraction of sp³-hybridized carbons (Fsp3) is 0.292. The lowest BCUT2D eigenvalue weighted by Gasteiger charge is -2.18. The van der Waals surface area contributed by atoms with Gasteiger partial charge in [-0.2, -0.15) is 0 Å². The fourth-order valence-electron chi connectivity index (χ4n) is 3.51. The first-order valence-corrected chi connectivity index (χ1v) is 11.0. The molecule has 34 heavy (non-hydrogen) atoms. The molecule has 0 radical (unpaired) electrons. The molecule has 3 heterocycles. The number of rotatable bonds is 9. The van der Waals surface area contributed by atoms with Crippen molar-refractivity contribution in [1.82, 2.24) is 14.3 Å². The number of nitrogens with zero attached hydrogens (tertiary/aromatic N) is 4. The van der Waals surface area contributed by atoms with Crippen molar-refractivity contribution in [3.63, 3.8) is 0 Å². The quantitative estimate of drug-likeness (QED) is 0.354. The van der Waals surface area contributed by atoms with Gasteiger partial charge in [-0.05, 0) is 37.1 Å². The van der Waals surface area contributed by atoms with E-state index in [4.69, 9.17) is 9.47 Å². The summed E-state index contributed by atoms with van der Waals surface area (Å²) in [5.74, 6) is -1.13. The van der Waals surface area contributed by atoms with E-state index >= 15 is 0 Å². The van der Waals surface area contributed by atoms with Crippen LogP contribution < -0.4 is 19.9 Å². The Hall–Kier alpha value is -4.21. The first-order valence-electron chi connectivity index (χ1n) is 11.0. The molecule has 1 fully saturated rings. The van der Waals surface area contributed by atoms with Crippen molar-refractivity contribution in [3.05, 3.63) is 64.7 Å². The number of pyridine rings is 1. The number of benzene rings is 1. The normalized spacial score (nSPS) is 13.8. The van der Waals surface area contributed by atoms with Gasteiger partial charge in [-0.15, -0.1) is 0 Å². The second kappa shape index (κ2) is 9.74. The third-order valence-electron chi connectivity index (χ3n) is 5.11. The number of amides is 4. The van der Waals surface area contributed by atoms with E-state index in [-0.39, 0.29) is 23.5 Å². The van der Waals surface area contributed by atoms with Gasteiger partial charge in [0, 0.05) is 18.3 Å². The van der Waals surface area contributed by atoms with E-state index in [1.807, 2.05) is 13.8 Å². The Labute approximate surface area is 195 Å². The molecule has 1 aliphatic rings. The van der Waals surface area contributed by atoms with E-state index < -0.39 is 17.8 Å². The molecule has 0 N–H and O–H groups in total. The van der Waals surface area contributed by atoms with Gasteiger partial charge < -0.3 is 9.47 Å².